The summed E-state index contributed by atoms with van der Waals surface area (Å²) in [5.74, 6) is 0. The van der Waals surface area contributed by atoms with Crippen molar-refractivity contribution in [1.82, 2.24) is 0 Å². The van der Waals surface area contributed by atoms with Crippen LogP contribution in [0.4, 0.5) is 0 Å². The van der Waals surface area contributed by atoms with Crippen molar-refractivity contribution in [2.75, 3.05) is 7.11 Å². The van der Waals surface area contributed by atoms with Crippen LogP contribution in [0.5, 0.6) is 0 Å². The Balaban J connectivity index is 2.79. The van der Waals surface area contributed by atoms with Crippen molar-refractivity contribution in [1.29, 1.82) is 0 Å². The molecule has 0 spiro atoms. The zero-order chi connectivity index (χ0) is 10.2. The van der Waals surface area contributed by atoms with Crippen LogP contribution in [0.25, 0.3) is 0 Å². The van der Waals surface area contributed by atoms with Crippen molar-refractivity contribution in [3.63, 3.8) is 0 Å². The average Bonchev–Trinajstić information content (AvgIpc) is 2.13. The Morgan fingerprint density at radius 1 is 0.692 bits per heavy atom. The molecule has 78 valence electrons. The zero-order valence-corrected chi connectivity index (χ0v) is 7.11. The first-order valence-corrected chi connectivity index (χ1v) is 3.93. The van der Waals surface area contributed by atoms with Crippen molar-refractivity contribution in [3.8, 4) is 0 Å². The fraction of sp³-hybridized carbons (Fsp3) is 1.00. The molecule has 6 heteroatoms. The van der Waals surface area contributed by atoms with E-state index in [4.69, 9.17) is 5.11 Å². The van der Waals surface area contributed by atoms with Crippen LogP contribution in [0.1, 0.15) is 0 Å². The summed E-state index contributed by atoms with van der Waals surface area (Å²) >= 11 is 0. The molecule has 1 aliphatic carbocycles. The summed E-state index contributed by atoms with van der Waals surface area (Å²) < 4.78 is 4.67. The van der Waals surface area contributed by atoms with Gasteiger partial charge in [0.25, 0.3) is 0 Å². The average molecular weight is 194 g/mol. The van der Waals surface area contributed by atoms with Gasteiger partial charge in [-0.05, 0) is 0 Å². The van der Waals surface area contributed by atoms with Crippen LogP contribution < -0.4 is 0 Å². The molecule has 6 nitrogen and oxygen atoms in total. The molecule has 1 rings (SSSR count). The fourth-order valence-electron chi connectivity index (χ4n) is 1.48. The standard InChI is InChI=1S/C7H14O6/c1-13-7-5(11)3(9)2(8)4(10)6(7)12/h2-12H,1H3/t2-,3+,4-,5-,6+,7+. The summed E-state index contributed by atoms with van der Waals surface area (Å²) in [6.45, 7) is 0. The molecular formula is C7H14O6. The van der Waals surface area contributed by atoms with Crippen LogP contribution >= 0.6 is 0 Å². The first-order valence-electron chi connectivity index (χ1n) is 3.93. The zero-order valence-electron chi connectivity index (χ0n) is 7.11. The molecule has 1 saturated carbocycles. The van der Waals surface area contributed by atoms with Crippen LogP contribution in [-0.4, -0.2) is 69.3 Å². The van der Waals surface area contributed by atoms with E-state index in [0.29, 0.717) is 0 Å². The molecule has 1 fully saturated rings. The number of ether oxygens (including phenoxy) is 1. The predicted molar refractivity (Wildman–Crippen MR) is 40.8 cm³/mol. The van der Waals surface area contributed by atoms with E-state index in [1.54, 1.807) is 0 Å². The first kappa shape index (κ1) is 10.8. The Morgan fingerprint density at radius 3 is 1.31 bits per heavy atom. The Labute approximate surface area is 75.0 Å². The van der Waals surface area contributed by atoms with Crippen molar-refractivity contribution in [2.45, 2.75) is 36.6 Å². The molecule has 0 radical (unpaired) electrons. The highest BCUT2D eigenvalue weighted by atomic mass is 16.5. The summed E-state index contributed by atoms with van der Waals surface area (Å²) in [4.78, 5) is 0. The summed E-state index contributed by atoms with van der Waals surface area (Å²) in [5.41, 5.74) is 0. The number of methoxy groups -OCH3 is 1. The van der Waals surface area contributed by atoms with E-state index in [-0.39, 0.29) is 0 Å². The number of aliphatic hydroxyl groups is 5. The minimum absolute atomic E-state index is 1.09. The molecule has 0 bridgehead atoms. The van der Waals surface area contributed by atoms with Gasteiger partial charge in [-0.3, -0.25) is 0 Å². The molecule has 0 heterocycles. The molecule has 1 aliphatic rings. The van der Waals surface area contributed by atoms with E-state index in [2.05, 4.69) is 4.74 Å². The molecule has 13 heavy (non-hydrogen) atoms. The summed E-state index contributed by atoms with van der Waals surface area (Å²) in [6.07, 6.45) is -8.48. The van der Waals surface area contributed by atoms with Crippen molar-refractivity contribution in [2.24, 2.45) is 0 Å². The van der Waals surface area contributed by atoms with Crippen molar-refractivity contribution < 1.29 is 30.3 Å². The topological polar surface area (TPSA) is 110 Å². The van der Waals surface area contributed by atoms with Gasteiger partial charge in [0.2, 0.25) is 0 Å². The summed E-state index contributed by atoms with van der Waals surface area (Å²) in [5, 5.41) is 46.1. The van der Waals surface area contributed by atoms with Gasteiger partial charge in [0.1, 0.15) is 36.6 Å². The van der Waals surface area contributed by atoms with Gasteiger partial charge in [0.05, 0.1) is 0 Å². The molecule has 0 aliphatic heterocycles. The number of hydrogen-bond donors (Lipinski definition) is 5. The highest BCUT2D eigenvalue weighted by Crippen LogP contribution is 2.23. The quantitative estimate of drug-likeness (QED) is 0.301. The van der Waals surface area contributed by atoms with Crippen LogP contribution in [0.3, 0.4) is 0 Å². The third kappa shape index (κ3) is 1.69. The second kappa shape index (κ2) is 3.87. The molecule has 0 amide bonds. The highest BCUT2D eigenvalue weighted by molar-refractivity contribution is 4.99. The van der Waals surface area contributed by atoms with Crippen LogP contribution in [-0.2, 0) is 4.74 Å². The summed E-state index contributed by atoms with van der Waals surface area (Å²) in [6, 6.07) is 0. The van der Waals surface area contributed by atoms with Gasteiger partial charge in [0, 0.05) is 7.11 Å². The number of aliphatic hydroxyl groups excluding tert-OH is 5. The van der Waals surface area contributed by atoms with E-state index >= 15 is 0 Å². The van der Waals surface area contributed by atoms with Crippen LogP contribution in [0.2, 0.25) is 0 Å². The molecule has 0 saturated heterocycles. The smallest absolute Gasteiger partial charge is 0.114 e. The summed E-state index contributed by atoms with van der Waals surface area (Å²) in [7, 11) is 1.23. The van der Waals surface area contributed by atoms with Crippen LogP contribution in [0.15, 0.2) is 0 Å². The van der Waals surface area contributed by atoms with Gasteiger partial charge >= 0.3 is 0 Å². The minimum Gasteiger partial charge on any atom is -0.387 e. The Kier molecular flexibility index (Phi) is 3.23. The van der Waals surface area contributed by atoms with Gasteiger partial charge in [-0.1, -0.05) is 0 Å². The van der Waals surface area contributed by atoms with Gasteiger partial charge in [-0.25, -0.2) is 0 Å². The van der Waals surface area contributed by atoms with Gasteiger partial charge < -0.3 is 30.3 Å². The van der Waals surface area contributed by atoms with E-state index in [9.17, 15) is 20.4 Å². The lowest BCUT2D eigenvalue weighted by molar-refractivity contribution is -0.229. The second-order valence-corrected chi connectivity index (χ2v) is 3.15. The highest BCUT2D eigenvalue weighted by Gasteiger charge is 2.48. The number of rotatable bonds is 1. The maximum Gasteiger partial charge on any atom is 0.114 e. The lowest BCUT2D eigenvalue weighted by atomic mass is 9.85. The normalized spacial score (nSPS) is 52.2. The first-order chi connectivity index (χ1) is 6.00. The Bertz CT molecular complexity index is 158. The number of hydrogen-bond acceptors (Lipinski definition) is 6. The molecule has 6 atom stereocenters. The largest absolute Gasteiger partial charge is 0.387 e. The molecule has 0 unspecified atom stereocenters. The van der Waals surface area contributed by atoms with Crippen molar-refractivity contribution in [3.05, 3.63) is 0 Å². The molecule has 5 N–H and O–H groups in total. The lowest BCUT2D eigenvalue weighted by Gasteiger charge is -2.40. The molecule has 0 aromatic carbocycles. The van der Waals surface area contributed by atoms with E-state index in [1.165, 1.54) is 7.11 Å². The minimum atomic E-state index is -1.56. The second-order valence-electron chi connectivity index (χ2n) is 3.15. The SMILES string of the molecule is CO[C@H]1[C@H](O)[C@@H](O)[C@@H](O)[C@@H](O)[C@@H]1O. The van der Waals surface area contributed by atoms with E-state index in [0.717, 1.165) is 0 Å². The van der Waals surface area contributed by atoms with Crippen LogP contribution in [0, 0.1) is 0 Å². The lowest BCUT2D eigenvalue weighted by Crippen LogP contribution is -2.64. The maximum atomic E-state index is 9.29. The fourth-order valence-corrected chi connectivity index (χ4v) is 1.48. The third-order valence-electron chi connectivity index (χ3n) is 2.35. The molecule has 0 aromatic rings. The monoisotopic (exact) mass is 194 g/mol. The third-order valence-corrected chi connectivity index (χ3v) is 2.35. The van der Waals surface area contributed by atoms with E-state index in [1.807, 2.05) is 0 Å². The maximum absolute atomic E-state index is 9.29. The molecule has 0 aromatic heterocycles. The van der Waals surface area contributed by atoms with Gasteiger partial charge in [-0.2, -0.15) is 0 Å². The Morgan fingerprint density at radius 2 is 1.00 bits per heavy atom. The molecular weight excluding hydrogens is 180 g/mol. The van der Waals surface area contributed by atoms with Gasteiger partial charge in [-0.15, -0.1) is 0 Å². The predicted octanol–water partition coefficient (Wildman–Crippen LogP) is -3.18. The van der Waals surface area contributed by atoms with Gasteiger partial charge in [0.15, 0.2) is 0 Å². The van der Waals surface area contributed by atoms with E-state index < -0.39 is 36.6 Å². The Hall–Kier alpha value is -0.240. The van der Waals surface area contributed by atoms with Crippen molar-refractivity contribution >= 4 is 0 Å².